The average molecular weight is 277 g/mol. The molecule has 7 heteroatoms. The number of carboxylic acids is 1. The van der Waals surface area contributed by atoms with E-state index in [9.17, 15) is 19.2 Å². The summed E-state index contributed by atoms with van der Waals surface area (Å²) in [6, 6.07) is 4.28. The Morgan fingerprint density at radius 3 is 2.55 bits per heavy atom. The lowest BCUT2D eigenvalue weighted by Gasteiger charge is -2.10. The van der Waals surface area contributed by atoms with E-state index >= 15 is 0 Å². The van der Waals surface area contributed by atoms with Crippen LogP contribution in [0.2, 0.25) is 0 Å². The summed E-state index contributed by atoms with van der Waals surface area (Å²) in [5, 5.41) is 8.81. The number of carbonyl (C=O) groups is 4. The van der Waals surface area contributed by atoms with Gasteiger partial charge in [-0.3, -0.25) is 14.4 Å². The molecule has 0 atom stereocenters. The van der Waals surface area contributed by atoms with E-state index in [-0.39, 0.29) is 23.3 Å². The fourth-order valence-electron chi connectivity index (χ4n) is 2.02. The Kier molecular flexibility index (Phi) is 3.51. The smallest absolute Gasteiger partial charge is 0.424 e. The molecule has 2 rings (SSSR count). The second-order valence-corrected chi connectivity index (χ2v) is 4.05. The van der Waals surface area contributed by atoms with E-state index in [4.69, 9.17) is 5.11 Å². The molecular formula is C13H11NO6. The molecule has 1 aromatic carbocycles. The van der Waals surface area contributed by atoms with E-state index in [1.54, 1.807) is 6.92 Å². The minimum Gasteiger partial charge on any atom is -0.481 e. The van der Waals surface area contributed by atoms with Crippen LogP contribution in [0.4, 0.5) is 4.79 Å². The molecule has 0 unspecified atom stereocenters. The molecule has 0 saturated heterocycles. The van der Waals surface area contributed by atoms with Crippen molar-refractivity contribution in [3.63, 3.8) is 0 Å². The molecule has 0 spiro atoms. The molecule has 1 aliphatic heterocycles. The first-order chi connectivity index (χ1) is 9.47. The molecule has 0 saturated carbocycles. The third kappa shape index (κ3) is 2.13. The predicted octanol–water partition coefficient (Wildman–Crippen LogP) is 1.07. The number of hydrogen-bond donors (Lipinski definition) is 1. The third-order valence-corrected chi connectivity index (χ3v) is 2.79. The first-order valence-electron chi connectivity index (χ1n) is 5.86. The van der Waals surface area contributed by atoms with Crippen molar-refractivity contribution in [1.29, 1.82) is 0 Å². The quantitative estimate of drug-likeness (QED) is 0.829. The third-order valence-electron chi connectivity index (χ3n) is 2.79. The van der Waals surface area contributed by atoms with Crippen LogP contribution in [0.25, 0.3) is 0 Å². The van der Waals surface area contributed by atoms with E-state index < -0.39 is 30.3 Å². The largest absolute Gasteiger partial charge is 0.481 e. The normalized spacial score (nSPS) is 13.3. The maximum atomic E-state index is 12.1. The molecule has 1 heterocycles. The average Bonchev–Trinajstić information content (AvgIpc) is 2.62. The fourth-order valence-corrected chi connectivity index (χ4v) is 2.02. The summed E-state index contributed by atoms with van der Waals surface area (Å²) in [4.78, 5) is 46.9. The van der Waals surface area contributed by atoms with Crippen molar-refractivity contribution in [2.75, 3.05) is 6.61 Å². The number of aliphatic carboxylic acids is 1. The van der Waals surface area contributed by atoms with Gasteiger partial charge in [0.1, 0.15) is 0 Å². The molecule has 0 bridgehead atoms. The Labute approximate surface area is 113 Å². The molecule has 0 radical (unpaired) electrons. The van der Waals surface area contributed by atoms with E-state index in [1.165, 1.54) is 18.2 Å². The predicted molar refractivity (Wildman–Crippen MR) is 65.3 cm³/mol. The highest BCUT2D eigenvalue weighted by molar-refractivity contribution is 6.28. The number of ether oxygens (including phenoxy) is 1. The Bertz CT molecular complexity index is 621. The summed E-state index contributed by atoms with van der Waals surface area (Å²) in [7, 11) is 0. The number of carbonyl (C=O) groups excluding carboxylic acids is 3. The van der Waals surface area contributed by atoms with Gasteiger partial charge in [0.25, 0.3) is 11.8 Å². The summed E-state index contributed by atoms with van der Waals surface area (Å²) >= 11 is 0. The van der Waals surface area contributed by atoms with Gasteiger partial charge in [-0.05, 0) is 18.6 Å². The van der Waals surface area contributed by atoms with Crippen LogP contribution in [0.15, 0.2) is 18.2 Å². The number of benzene rings is 1. The number of carboxylic acid groups (broad SMARTS) is 1. The van der Waals surface area contributed by atoms with Gasteiger partial charge in [-0.2, -0.15) is 4.90 Å². The maximum absolute atomic E-state index is 12.1. The zero-order valence-corrected chi connectivity index (χ0v) is 10.6. The summed E-state index contributed by atoms with van der Waals surface area (Å²) in [6.45, 7) is 1.57. The van der Waals surface area contributed by atoms with Crippen LogP contribution >= 0.6 is 0 Å². The maximum Gasteiger partial charge on any atom is 0.424 e. The van der Waals surface area contributed by atoms with Crippen LogP contribution in [0, 0.1) is 0 Å². The van der Waals surface area contributed by atoms with Gasteiger partial charge in [-0.1, -0.05) is 12.1 Å². The summed E-state index contributed by atoms with van der Waals surface area (Å²) in [5.41, 5.74) is 0.162. The lowest BCUT2D eigenvalue weighted by molar-refractivity contribution is -0.136. The standard InChI is InChI=1S/C13H11NO6/c1-2-20-13(19)14-11(17)8-5-3-4-7(6-9(15)16)10(8)12(14)18/h3-5H,2,6H2,1H3,(H,15,16). The summed E-state index contributed by atoms with van der Waals surface area (Å²) in [5.74, 6) is -2.77. The van der Waals surface area contributed by atoms with Gasteiger partial charge >= 0.3 is 12.1 Å². The lowest BCUT2D eigenvalue weighted by atomic mass is 10.0. The molecular weight excluding hydrogens is 266 g/mol. The number of hydrogen-bond acceptors (Lipinski definition) is 5. The number of rotatable bonds is 3. The first-order valence-corrected chi connectivity index (χ1v) is 5.86. The van der Waals surface area contributed by atoms with Crippen molar-refractivity contribution in [1.82, 2.24) is 4.90 Å². The number of nitrogens with zero attached hydrogens (tertiary/aromatic N) is 1. The van der Waals surface area contributed by atoms with Crippen LogP contribution < -0.4 is 0 Å². The second kappa shape index (κ2) is 5.12. The van der Waals surface area contributed by atoms with Crippen molar-refractivity contribution in [3.8, 4) is 0 Å². The molecule has 1 aromatic rings. The number of fused-ring (bicyclic) bond motifs is 1. The van der Waals surface area contributed by atoms with Crippen molar-refractivity contribution >= 4 is 23.9 Å². The molecule has 1 N–H and O–H groups in total. The highest BCUT2D eigenvalue weighted by Crippen LogP contribution is 2.27. The summed E-state index contributed by atoms with van der Waals surface area (Å²) < 4.78 is 4.65. The zero-order chi connectivity index (χ0) is 14.9. The van der Waals surface area contributed by atoms with Crippen LogP contribution in [-0.2, 0) is 16.0 Å². The molecule has 7 nitrogen and oxygen atoms in total. The monoisotopic (exact) mass is 277 g/mol. The van der Waals surface area contributed by atoms with Gasteiger partial charge in [-0.15, -0.1) is 0 Å². The molecule has 0 aromatic heterocycles. The fraction of sp³-hybridized carbons (Fsp3) is 0.231. The minimum atomic E-state index is -1.13. The second-order valence-electron chi connectivity index (χ2n) is 4.05. The topological polar surface area (TPSA) is 101 Å². The van der Waals surface area contributed by atoms with Gasteiger partial charge in [-0.25, -0.2) is 4.79 Å². The Hall–Kier alpha value is -2.70. The SMILES string of the molecule is CCOC(=O)N1C(=O)c2cccc(CC(=O)O)c2C1=O. The molecule has 0 fully saturated rings. The number of amides is 3. The van der Waals surface area contributed by atoms with Gasteiger partial charge < -0.3 is 9.84 Å². The highest BCUT2D eigenvalue weighted by atomic mass is 16.6. The van der Waals surface area contributed by atoms with Crippen molar-refractivity contribution in [3.05, 3.63) is 34.9 Å². The first kappa shape index (κ1) is 13.7. The molecule has 3 amide bonds. The molecule has 1 aliphatic rings. The van der Waals surface area contributed by atoms with Gasteiger partial charge in [0.05, 0.1) is 24.2 Å². The Balaban J connectivity index is 2.46. The summed E-state index contributed by atoms with van der Waals surface area (Å²) in [6.07, 6.45) is -1.46. The Morgan fingerprint density at radius 2 is 1.95 bits per heavy atom. The zero-order valence-electron chi connectivity index (χ0n) is 10.6. The van der Waals surface area contributed by atoms with Crippen LogP contribution in [0.1, 0.15) is 33.2 Å². The van der Waals surface area contributed by atoms with E-state index in [0.29, 0.717) is 4.90 Å². The Morgan fingerprint density at radius 1 is 1.25 bits per heavy atom. The lowest BCUT2D eigenvalue weighted by Crippen LogP contribution is -2.36. The highest BCUT2D eigenvalue weighted by Gasteiger charge is 2.42. The van der Waals surface area contributed by atoms with Crippen molar-refractivity contribution < 1.29 is 29.0 Å². The van der Waals surface area contributed by atoms with Gasteiger partial charge in [0.2, 0.25) is 0 Å². The van der Waals surface area contributed by atoms with Gasteiger partial charge in [0, 0.05) is 0 Å². The van der Waals surface area contributed by atoms with Crippen molar-refractivity contribution in [2.24, 2.45) is 0 Å². The van der Waals surface area contributed by atoms with Crippen LogP contribution in [-0.4, -0.2) is 40.5 Å². The number of imide groups is 3. The van der Waals surface area contributed by atoms with Gasteiger partial charge in [0.15, 0.2) is 0 Å². The van der Waals surface area contributed by atoms with E-state index in [1.807, 2.05) is 0 Å². The molecule has 0 aliphatic carbocycles. The van der Waals surface area contributed by atoms with E-state index in [0.717, 1.165) is 0 Å². The molecule has 104 valence electrons. The minimum absolute atomic E-state index is 0.0156. The molecule has 20 heavy (non-hydrogen) atoms. The van der Waals surface area contributed by atoms with Crippen LogP contribution in [0.5, 0.6) is 0 Å². The van der Waals surface area contributed by atoms with Crippen LogP contribution in [0.3, 0.4) is 0 Å². The van der Waals surface area contributed by atoms with Crippen molar-refractivity contribution in [2.45, 2.75) is 13.3 Å². The van der Waals surface area contributed by atoms with E-state index in [2.05, 4.69) is 4.74 Å².